The Balaban J connectivity index is 2.41. The molecule has 2 aromatic carbocycles. The van der Waals surface area contributed by atoms with E-state index >= 15 is 0 Å². The average molecular weight is 260 g/mol. The molecule has 19 heavy (non-hydrogen) atoms. The van der Waals surface area contributed by atoms with Crippen LogP contribution in [0.15, 0.2) is 42.5 Å². The third-order valence-electron chi connectivity index (χ3n) is 2.81. The predicted octanol–water partition coefficient (Wildman–Crippen LogP) is 3.13. The molecule has 4 heteroatoms. The molecular formula is C15H13FO3. The number of halogens is 1. The van der Waals surface area contributed by atoms with Crippen molar-refractivity contribution in [3.8, 4) is 16.9 Å². The number of ether oxygens (including phenoxy) is 1. The van der Waals surface area contributed by atoms with Gasteiger partial charge in [-0.05, 0) is 23.3 Å². The van der Waals surface area contributed by atoms with Gasteiger partial charge in [0.05, 0.1) is 13.5 Å². The maximum absolute atomic E-state index is 13.8. The van der Waals surface area contributed by atoms with Gasteiger partial charge < -0.3 is 9.84 Å². The molecule has 0 aliphatic carbocycles. The number of para-hydroxylation sites is 1. The van der Waals surface area contributed by atoms with Crippen LogP contribution in [0, 0.1) is 5.82 Å². The highest BCUT2D eigenvalue weighted by Crippen LogP contribution is 2.30. The number of carboxylic acid groups (broad SMARTS) is 1. The van der Waals surface area contributed by atoms with E-state index in [0.29, 0.717) is 11.3 Å². The van der Waals surface area contributed by atoms with Crippen LogP contribution in [0.2, 0.25) is 0 Å². The monoisotopic (exact) mass is 260 g/mol. The number of carboxylic acids is 1. The van der Waals surface area contributed by atoms with E-state index in [1.165, 1.54) is 12.1 Å². The summed E-state index contributed by atoms with van der Waals surface area (Å²) < 4.78 is 19.0. The van der Waals surface area contributed by atoms with Crippen molar-refractivity contribution in [3.05, 3.63) is 53.8 Å². The minimum Gasteiger partial charge on any atom is -0.496 e. The van der Waals surface area contributed by atoms with Crippen LogP contribution in [-0.2, 0) is 11.2 Å². The SMILES string of the molecule is COc1ccccc1-c1ccc(CC(=O)O)c(F)c1. The molecule has 0 saturated heterocycles. The Labute approximate surface area is 110 Å². The average Bonchev–Trinajstić information content (AvgIpc) is 2.40. The molecule has 0 fully saturated rings. The fraction of sp³-hybridized carbons (Fsp3) is 0.133. The maximum Gasteiger partial charge on any atom is 0.307 e. The fourth-order valence-electron chi connectivity index (χ4n) is 1.90. The predicted molar refractivity (Wildman–Crippen MR) is 69.7 cm³/mol. The minimum absolute atomic E-state index is 0.172. The van der Waals surface area contributed by atoms with E-state index in [1.54, 1.807) is 19.2 Å². The van der Waals surface area contributed by atoms with Crippen LogP contribution in [-0.4, -0.2) is 18.2 Å². The van der Waals surface area contributed by atoms with Crippen LogP contribution < -0.4 is 4.74 Å². The number of benzene rings is 2. The van der Waals surface area contributed by atoms with Crippen molar-refractivity contribution < 1.29 is 19.0 Å². The van der Waals surface area contributed by atoms with E-state index in [1.807, 2.05) is 18.2 Å². The van der Waals surface area contributed by atoms with E-state index in [2.05, 4.69) is 0 Å². The third-order valence-corrected chi connectivity index (χ3v) is 2.81. The van der Waals surface area contributed by atoms with Gasteiger partial charge in [-0.25, -0.2) is 4.39 Å². The molecule has 0 saturated carbocycles. The number of carbonyl (C=O) groups is 1. The molecular weight excluding hydrogens is 247 g/mol. The lowest BCUT2D eigenvalue weighted by atomic mass is 10.0. The number of hydrogen-bond donors (Lipinski definition) is 1. The molecule has 2 aromatic rings. The van der Waals surface area contributed by atoms with Gasteiger partial charge in [0.2, 0.25) is 0 Å². The Morgan fingerprint density at radius 3 is 2.63 bits per heavy atom. The second-order valence-corrected chi connectivity index (χ2v) is 4.08. The molecule has 0 bridgehead atoms. The maximum atomic E-state index is 13.8. The fourth-order valence-corrected chi connectivity index (χ4v) is 1.90. The van der Waals surface area contributed by atoms with Gasteiger partial charge in [0, 0.05) is 5.56 Å². The zero-order valence-corrected chi connectivity index (χ0v) is 10.4. The van der Waals surface area contributed by atoms with Crippen LogP contribution in [0.4, 0.5) is 4.39 Å². The minimum atomic E-state index is -1.05. The lowest BCUT2D eigenvalue weighted by molar-refractivity contribution is -0.136. The third kappa shape index (κ3) is 2.91. The van der Waals surface area contributed by atoms with E-state index < -0.39 is 11.8 Å². The van der Waals surface area contributed by atoms with Crippen molar-refractivity contribution in [2.24, 2.45) is 0 Å². The molecule has 0 atom stereocenters. The summed E-state index contributed by atoms with van der Waals surface area (Å²) in [4.78, 5) is 10.6. The van der Waals surface area contributed by atoms with Gasteiger partial charge in [0.1, 0.15) is 11.6 Å². The first-order valence-corrected chi connectivity index (χ1v) is 5.75. The molecule has 3 nitrogen and oxygen atoms in total. The van der Waals surface area contributed by atoms with Crippen LogP contribution >= 0.6 is 0 Å². The summed E-state index contributed by atoms with van der Waals surface area (Å²) in [6.07, 6.45) is -0.321. The quantitative estimate of drug-likeness (QED) is 0.918. The summed E-state index contributed by atoms with van der Waals surface area (Å²) in [5, 5.41) is 8.67. The number of rotatable bonds is 4. The zero-order valence-electron chi connectivity index (χ0n) is 10.4. The van der Waals surface area contributed by atoms with Crippen molar-refractivity contribution >= 4 is 5.97 Å². The van der Waals surface area contributed by atoms with Crippen LogP contribution in [0.25, 0.3) is 11.1 Å². The molecule has 0 heterocycles. The van der Waals surface area contributed by atoms with Crippen LogP contribution in [0.3, 0.4) is 0 Å². The van der Waals surface area contributed by atoms with E-state index in [4.69, 9.17) is 9.84 Å². The first kappa shape index (κ1) is 13.1. The Morgan fingerprint density at radius 2 is 2.00 bits per heavy atom. The largest absolute Gasteiger partial charge is 0.496 e. The molecule has 2 rings (SSSR count). The summed E-state index contributed by atoms with van der Waals surface area (Å²) in [5.74, 6) is -0.928. The highest BCUT2D eigenvalue weighted by molar-refractivity contribution is 5.73. The summed E-state index contributed by atoms with van der Waals surface area (Å²) in [5.41, 5.74) is 1.60. The molecule has 0 aliphatic heterocycles. The summed E-state index contributed by atoms with van der Waals surface area (Å²) in [7, 11) is 1.55. The molecule has 0 aromatic heterocycles. The van der Waals surface area contributed by atoms with Gasteiger partial charge in [-0.15, -0.1) is 0 Å². The Morgan fingerprint density at radius 1 is 1.26 bits per heavy atom. The lowest BCUT2D eigenvalue weighted by Crippen LogP contribution is -2.02. The molecule has 98 valence electrons. The molecule has 0 aliphatic rings. The molecule has 0 spiro atoms. The van der Waals surface area contributed by atoms with Crippen molar-refractivity contribution in [1.29, 1.82) is 0 Å². The van der Waals surface area contributed by atoms with E-state index in [0.717, 1.165) is 5.56 Å². The van der Waals surface area contributed by atoms with E-state index in [-0.39, 0.29) is 12.0 Å². The van der Waals surface area contributed by atoms with Gasteiger partial charge in [-0.3, -0.25) is 4.79 Å². The molecule has 1 N–H and O–H groups in total. The van der Waals surface area contributed by atoms with Gasteiger partial charge in [-0.1, -0.05) is 30.3 Å². The normalized spacial score (nSPS) is 10.2. The second-order valence-electron chi connectivity index (χ2n) is 4.08. The summed E-state index contributed by atoms with van der Waals surface area (Å²) >= 11 is 0. The van der Waals surface area contributed by atoms with E-state index in [9.17, 15) is 9.18 Å². The zero-order chi connectivity index (χ0) is 13.8. The number of methoxy groups -OCH3 is 1. The van der Waals surface area contributed by atoms with Gasteiger partial charge in [-0.2, -0.15) is 0 Å². The van der Waals surface area contributed by atoms with Crippen molar-refractivity contribution in [3.63, 3.8) is 0 Å². The first-order chi connectivity index (χ1) is 9.11. The standard InChI is InChI=1S/C15H13FO3/c1-19-14-5-3-2-4-12(14)10-6-7-11(9-15(17)18)13(16)8-10/h2-8H,9H2,1H3,(H,17,18). The highest BCUT2D eigenvalue weighted by Gasteiger charge is 2.10. The van der Waals surface area contributed by atoms with Gasteiger partial charge in [0.25, 0.3) is 0 Å². The van der Waals surface area contributed by atoms with Crippen LogP contribution in [0.1, 0.15) is 5.56 Å². The molecule has 0 amide bonds. The Hall–Kier alpha value is -2.36. The van der Waals surface area contributed by atoms with Crippen molar-refractivity contribution in [1.82, 2.24) is 0 Å². The Bertz CT molecular complexity index is 608. The smallest absolute Gasteiger partial charge is 0.307 e. The topological polar surface area (TPSA) is 46.5 Å². The highest BCUT2D eigenvalue weighted by atomic mass is 19.1. The molecule has 0 radical (unpaired) electrons. The lowest BCUT2D eigenvalue weighted by Gasteiger charge is -2.09. The van der Waals surface area contributed by atoms with Gasteiger partial charge >= 0.3 is 5.97 Å². The van der Waals surface area contributed by atoms with Gasteiger partial charge in [0.15, 0.2) is 0 Å². The summed E-state index contributed by atoms with van der Waals surface area (Å²) in [6, 6.07) is 11.8. The summed E-state index contributed by atoms with van der Waals surface area (Å²) in [6.45, 7) is 0. The van der Waals surface area contributed by atoms with Crippen LogP contribution in [0.5, 0.6) is 5.75 Å². The first-order valence-electron chi connectivity index (χ1n) is 5.75. The molecule has 0 unspecified atom stereocenters. The second kappa shape index (κ2) is 5.52. The Kier molecular flexibility index (Phi) is 3.80. The van der Waals surface area contributed by atoms with Crippen molar-refractivity contribution in [2.45, 2.75) is 6.42 Å². The number of aliphatic carboxylic acids is 1. The van der Waals surface area contributed by atoms with Crippen molar-refractivity contribution in [2.75, 3.05) is 7.11 Å². The number of hydrogen-bond acceptors (Lipinski definition) is 2.